The van der Waals surface area contributed by atoms with E-state index in [4.69, 9.17) is 15.6 Å². The number of benzene rings is 2. The van der Waals surface area contributed by atoms with Crippen molar-refractivity contribution in [2.24, 2.45) is 0 Å². The molecule has 5 heteroatoms. The summed E-state index contributed by atoms with van der Waals surface area (Å²) in [6.07, 6.45) is 0. The molecule has 20 heavy (non-hydrogen) atoms. The first-order chi connectivity index (χ1) is 9.40. The normalized spacial score (nSPS) is 10.3. The molecule has 2 aromatic rings. The standard InChI is InChI=1S/C15H14FNO3/c1-8-4-3-5-13(9(8)2)20-14-7-11(16)10(15(18)19)6-12(14)17/h3-7H,17H2,1-2H3,(H,18,19). The van der Waals surface area contributed by atoms with E-state index in [1.165, 1.54) is 0 Å². The number of anilines is 1. The number of nitrogen functional groups attached to an aromatic ring is 1. The molecule has 3 N–H and O–H groups in total. The number of carboxylic acid groups (broad SMARTS) is 1. The fraction of sp³-hybridized carbons (Fsp3) is 0.133. The lowest BCUT2D eigenvalue weighted by Crippen LogP contribution is -2.03. The molecule has 104 valence electrons. The number of ether oxygens (including phenoxy) is 1. The molecule has 0 saturated carbocycles. The van der Waals surface area contributed by atoms with Gasteiger partial charge in [0.15, 0.2) is 5.75 Å². The quantitative estimate of drug-likeness (QED) is 0.841. The summed E-state index contributed by atoms with van der Waals surface area (Å²) >= 11 is 0. The Balaban J connectivity index is 2.42. The zero-order valence-corrected chi connectivity index (χ0v) is 11.1. The molecule has 0 saturated heterocycles. The van der Waals surface area contributed by atoms with E-state index in [2.05, 4.69) is 0 Å². The summed E-state index contributed by atoms with van der Waals surface area (Å²) in [6, 6.07) is 7.53. The minimum Gasteiger partial charge on any atom is -0.478 e. The van der Waals surface area contributed by atoms with Crippen LogP contribution in [0.15, 0.2) is 30.3 Å². The maximum atomic E-state index is 13.6. The molecule has 2 rings (SSSR count). The van der Waals surface area contributed by atoms with Gasteiger partial charge in [0, 0.05) is 6.07 Å². The lowest BCUT2D eigenvalue weighted by molar-refractivity contribution is 0.0692. The van der Waals surface area contributed by atoms with E-state index in [0.717, 1.165) is 23.3 Å². The minimum absolute atomic E-state index is 0.0738. The van der Waals surface area contributed by atoms with Crippen LogP contribution in [0.1, 0.15) is 21.5 Å². The van der Waals surface area contributed by atoms with Crippen LogP contribution < -0.4 is 10.5 Å². The maximum Gasteiger partial charge on any atom is 0.338 e. The molecule has 4 nitrogen and oxygen atoms in total. The van der Waals surface area contributed by atoms with Gasteiger partial charge in [-0.3, -0.25) is 0 Å². The highest BCUT2D eigenvalue weighted by Crippen LogP contribution is 2.32. The van der Waals surface area contributed by atoms with Crippen LogP contribution in [0.3, 0.4) is 0 Å². The van der Waals surface area contributed by atoms with Crippen molar-refractivity contribution in [1.29, 1.82) is 0 Å². The van der Waals surface area contributed by atoms with Crippen LogP contribution in [0.25, 0.3) is 0 Å². The van der Waals surface area contributed by atoms with Gasteiger partial charge in [-0.15, -0.1) is 0 Å². The van der Waals surface area contributed by atoms with Crippen LogP contribution in [0.2, 0.25) is 0 Å². The van der Waals surface area contributed by atoms with Crippen LogP contribution >= 0.6 is 0 Å². The fourth-order valence-corrected chi connectivity index (χ4v) is 1.78. The van der Waals surface area contributed by atoms with Gasteiger partial charge < -0.3 is 15.6 Å². The van der Waals surface area contributed by atoms with Gasteiger partial charge in [-0.1, -0.05) is 12.1 Å². The molecule has 0 unspecified atom stereocenters. The molecular weight excluding hydrogens is 261 g/mol. The van der Waals surface area contributed by atoms with Crippen molar-refractivity contribution < 1.29 is 19.0 Å². The number of carboxylic acids is 1. The van der Waals surface area contributed by atoms with Crippen LogP contribution in [0.4, 0.5) is 10.1 Å². The summed E-state index contributed by atoms with van der Waals surface area (Å²) in [5.41, 5.74) is 7.25. The Kier molecular flexibility index (Phi) is 3.61. The first-order valence-electron chi connectivity index (χ1n) is 5.96. The van der Waals surface area contributed by atoms with Crippen molar-refractivity contribution >= 4 is 11.7 Å². The number of rotatable bonds is 3. The van der Waals surface area contributed by atoms with Gasteiger partial charge >= 0.3 is 5.97 Å². The molecule has 0 aliphatic carbocycles. The highest BCUT2D eigenvalue weighted by molar-refractivity contribution is 5.89. The number of nitrogens with two attached hydrogens (primary N) is 1. The van der Waals surface area contributed by atoms with E-state index < -0.39 is 17.3 Å². The number of hydrogen-bond acceptors (Lipinski definition) is 3. The predicted molar refractivity (Wildman–Crippen MR) is 73.8 cm³/mol. The molecule has 0 atom stereocenters. The molecule has 0 radical (unpaired) electrons. The Hall–Kier alpha value is -2.56. The predicted octanol–water partition coefficient (Wildman–Crippen LogP) is 3.52. The second kappa shape index (κ2) is 5.21. The average Bonchev–Trinajstić information content (AvgIpc) is 2.38. The minimum atomic E-state index is -1.37. The molecule has 0 aliphatic rings. The Morgan fingerprint density at radius 2 is 1.95 bits per heavy atom. The number of aromatic carboxylic acids is 1. The summed E-state index contributed by atoms with van der Waals surface area (Å²) in [5, 5.41) is 8.81. The monoisotopic (exact) mass is 275 g/mol. The van der Waals surface area contributed by atoms with Gasteiger partial charge in [-0.05, 0) is 37.1 Å². The third-order valence-electron chi connectivity index (χ3n) is 3.10. The lowest BCUT2D eigenvalue weighted by Gasteiger charge is -2.13. The zero-order valence-electron chi connectivity index (χ0n) is 11.1. The molecule has 0 aromatic heterocycles. The molecule has 2 aromatic carbocycles. The molecule has 0 bridgehead atoms. The van der Waals surface area contributed by atoms with E-state index in [0.29, 0.717) is 5.75 Å². The van der Waals surface area contributed by atoms with E-state index in [9.17, 15) is 9.18 Å². The second-order valence-corrected chi connectivity index (χ2v) is 4.48. The first-order valence-corrected chi connectivity index (χ1v) is 5.96. The molecule has 0 fully saturated rings. The summed E-state index contributed by atoms with van der Waals surface area (Å²) in [4.78, 5) is 10.8. The Labute approximate surface area is 115 Å². The van der Waals surface area contributed by atoms with E-state index in [-0.39, 0.29) is 11.4 Å². The maximum absolute atomic E-state index is 13.6. The summed E-state index contributed by atoms with van der Waals surface area (Å²) in [6.45, 7) is 3.81. The Morgan fingerprint density at radius 3 is 2.60 bits per heavy atom. The summed E-state index contributed by atoms with van der Waals surface area (Å²) in [7, 11) is 0. The Bertz CT molecular complexity index is 683. The second-order valence-electron chi connectivity index (χ2n) is 4.48. The van der Waals surface area contributed by atoms with Gasteiger partial charge in [0.05, 0.1) is 11.3 Å². The number of halogens is 1. The van der Waals surface area contributed by atoms with Crippen molar-refractivity contribution in [2.45, 2.75) is 13.8 Å². The molecule has 0 amide bonds. The Morgan fingerprint density at radius 1 is 1.25 bits per heavy atom. The molecule has 0 aliphatic heterocycles. The van der Waals surface area contributed by atoms with Crippen LogP contribution in [0.5, 0.6) is 11.5 Å². The van der Waals surface area contributed by atoms with Crippen molar-refractivity contribution in [1.82, 2.24) is 0 Å². The van der Waals surface area contributed by atoms with E-state index in [1.807, 2.05) is 26.0 Å². The fourth-order valence-electron chi connectivity index (χ4n) is 1.78. The third-order valence-corrected chi connectivity index (χ3v) is 3.10. The molecular formula is C15H14FNO3. The summed E-state index contributed by atoms with van der Waals surface area (Å²) < 4.78 is 19.2. The van der Waals surface area contributed by atoms with Crippen molar-refractivity contribution in [3.05, 3.63) is 52.8 Å². The van der Waals surface area contributed by atoms with Crippen LogP contribution in [0, 0.1) is 19.7 Å². The number of hydrogen-bond donors (Lipinski definition) is 2. The number of carbonyl (C=O) groups is 1. The van der Waals surface area contributed by atoms with Crippen molar-refractivity contribution in [3.63, 3.8) is 0 Å². The topological polar surface area (TPSA) is 72.5 Å². The largest absolute Gasteiger partial charge is 0.478 e. The average molecular weight is 275 g/mol. The molecule has 0 heterocycles. The van der Waals surface area contributed by atoms with E-state index >= 15 is 0 Å². The van der Waals surface area contributed by atoms with Crippen molar-refractivity contribution in [2.75, 3.05) is 5.73 Å². The first kappa shape index (κ1) is 13.9. The number of aryl methyl sites for hydroxylation is 1. The molecule has 0 spiro atoms. The van der Waals surface area contributed by atoms with E-state index in [1.54, 1.807) is 6.07 Å². The smallest absolute Gasteiger partial charge is 0.338 e. The highest BCUT2D eigenvalue weighted by atomic mass is 19.1. The lowest BCUT2D eigenvalue weighted by atomic mass is 10.1. The highest BCUT2D eigenvalue weighted by Gasteiger charge is 2.15. The third kappa shape index (κ3) is 2.56. The summed E-state index contributed by atoms with van der Waals surface area (Å²) in [5.74, 6) is -1.60. The van der Waals surface area contributed by atoms with Crippen LogP contribution in [-0.2, 0) is 0 Å². The van der Waals surface area contributed by atoms with Gasteiger partial charge in [0.1, 0.15) is 11.6 Å². The van der Waals surface area contributed by atoms with Gasteiger partial charge in [-0.25, -0.2) is 9.18 Å². The zero-order chi connectivity index (χ0) is 14.9. The van der Waals surface area contributed by atoms with Gasteiger partial charge in [0.2, 0.25) is 0 Å². The van der Waals surface area contributed by atoms with Crippen molar-refractivity contribution in [3.8, 4) is 11.5 Å². The van der Waals surface area contributed by atoms with Crippen LogP contribution in [-0.4, -0.2) is 11.1 Å². The van der Waals surface area contributed by atoms with Gasteiger partial charge in [-0.2, -0.15) is 0 Å². The van der Waals surface area contributed by atoms with Gasteiger partial charge in [0.25, 0.3) is 0 Å². The SMILES string of the molecule is Cc1cccc(Oc2cc(F)c(C(=O)O)cc2N)c1C.